The van der Waals surface area contributed by atoms with Crippen molar-refractivity contribution in [1.82, 2.24) is 0 Å². The van der Waals surface area contributed by atoms with Crippen LogP contribution in [0.5, 0.6) is 0 Å². The van der Waals surface area contributed by atoms with Crippen molar-refractivity contribution in [1.29, 1.82) is 0 Å². The number of benzene rings is 3. The Labute approximate surface area is 191 Å². The minimum absolute atomic E-state index is 0.0421. The van der Waals surface area contributed by atoms with E-state index in [0.717, 1.165) is 11.6 Å². The number of rotatable bonds is 7. The van der Waals surface area contributed by atoms with Crippen molar-refractivity contribution in [3.8, 4) is 0 Å². The fraction of sp³-hybridized carbons (Fsp3) is 0.167. The van der Waals surface area contributed by atoms with E-state index in [-0.39, 0.29) is 16.1 Å². The van der Waals surface area contributed by atoms with E-state index < -0.39 is 33.8 Å². The van der Waals surface area contributed by atoms with Gasteiger partial charge in [-0.2, -0.15) is 0 Å². The number of amides is 1. The van der Waals surface area contributed by atoms with E-state index in [1.807, 2.05) is 13.0 Å². The molecular weight excluding hydrogens is 447 g/mol. The Bertz CT molecular complexity index is 1310. The molecule has 0 saturated carbocycles. The van der Waals surface area contributed by atoms with Crippen molar-refractivity contribution in [2.75, 3.05) is 10.0 Å². The van der Waals surface area contributed by atoms with Crippen molar-refractivity contribution < 1.29 is 27.1 Å². The van der Waals surface area contributed by atoms with E-state index in [1.165, 1.54) is 50.2 Å². The number of sulfonamides is 1. The molecule has 0 saturated heterocycles. The number of anilines is 2. The summed E-state index contributed by atoms with van der Waals surface area (Å²) in [5.74, 6) is -1.95. The highest BCUT2D eigenvalue weighted by molar-refractivity contribution is 7.92. The van der Waals surface area contributed by atoms with Crippen LogP contribution in [0.25, 0.3) is 0 Å². The molecule has 0 heterocycles. The monoisotopic (exact) mass is 470 g/mol. The van der Waals surface area contributed by atoms with Gasteiger partial charge in [0.1, 0.15) is 5.82 Å². The first-order valence-corrected chi connectivity index (χ1v) is 11.5. The molecule has 1 atom stereocenters. The standard InChI is InChI=1S/C24H23FN2O5S/c1-15-6-4-8-19(12-15)26-23(28)17(3)32-24(29)18-7-5-9-20(13-18)27-33(30,31)21-11-10-16(2)22(25)14-21/h4-14,17,27H,1-3H3,(H,26,28)/t17-/m0/s1. The number of ether oxygens (including phenoxy) is 1. The SMILES string of the molecule is Cc1cccc(NC(=O)[C@H](C)OC(=O)c2cccc(NS(=O)(=O)c3ccc(C)c(F)c3)c2)c1. The number of nitrogens with one attached hydrogen (secondary N) is 2. The van der Waals surface area contributed by atoms with Crippen LogP contribution in [0.4, 0.5) is 15.8 Å². The topological polar surface area (TPSA) is 102 Å². The fourth-order valence-electron chi connectivity index (χ4n) is 2.91. The Morgan fingerprint density at radius 3 is 2.33 bits per heavy atom. The zero-order valence-electron chi connectivity index (χ0n) is 18.3. The molecule has 0 aliphatic rings. The first-order chi connectivity index (χ1) is 15.5. The fourth-order valence-corrected chi connectivity index (χ4v) is 3.97. The largest absolute Gasteiger partial charge is 0.449 e. The molecule has 33 heavy (non-hydrogen) atoms. The Hall–Kier alpha value is -3.72. The molecule has 3 aromatic carbocycles. The van der Waals surface area contributed by atoms with Crippen LogP contribution in [-0.2, 0) is 19.6 Å². The van der Waals surface area contributed by atoms with E-state index in [1.54, 1.807) is 18.2 Å². The molecule has 3 rings (SSSR count). The lowest BCUT2D eigenvalue weighted by Gasteiger charge is -2.14. The summed E-state index contributed by atoms with van der Waals surface area (Å²) in [6.45, 7) is 4.84. The van der Waals surface area contributed by atoms with Gasteiger partial charge in [-0.3, -0.25) is 9.52 Å². The minimum Gasteiger partial charge on any atom is -0.449 e. The van der Waals surface area contributed by atoms with Crippen LogP contribution in [0.1, 0.15) is 28.4 Å². The highest BCUT2D eigenvalue weighted by atomic mass is 32.2. The molecule has 0 aliphatic heterocycles. The number of carbonyl (C=O) groups excluding carboxylic acids is 2. The third-order valence-electron chi connectivity index (χ3n) is 4.74. The molecule has 0 fully saturated rings. The van der Waals surface area contributed by atoms with E-state index in [0.29, 0.717) is 11.3 Å². The number of halogens is 1. The quantitative estimate of drug-likeness (QED) is 0.498. The Morgan fingerprint density at radius 1 is 0.939 bits per heavy atom. The lowest BCUT2D eigenvalue weighted by atomic mass is 10.2. The first-order valence-electron chi connectivity index (χ1n) is 10.0. The third kappa shape index (κ3) is 6.17. The van der Waals surface area contributed by atoms with Gasteiger partial charge in [0.2, 0.25) is 0 Å². The summed E-state index contributed by atoms with van der Waals surface area (Å²) in [6.07, 6.45) is -1.09. The molecule has 1 amide bonds. The summed E-state index contributed by atoms with van der Waals surface area (Å²) < 4.78 is 46.4. The second-order valence-electron chi connectivity index (χ2n) is 7.50. The predicted octanol–water partition coefficient (Wildman–Crippen LogP) is 4.43. The van der Waals surface area contributed by atoms with Crippen LogP contribution in [0.2, 0.25) is 0 Å². The average Bonchev–Trinajstić information content (AvgIpc) is 2.75. The Kier molecular flexibility index (Phi) is 7.13. The lowest BCUT2D eigenvalue weighted by Crippen LogP contribution is -2.30. The summed E-state index contributed by atoms with van der Waals surface area (Å²) in [7, 11) is -4.08. The van der Waals surface area contributed by atoms with Crippen LogP contribution in [0, 0.1) is 19.7 Å². The average molecular weight is 471 g/mol. The van der Waals surface area contributed by atoms with Gasteiger partial charge >= 0.3 is 5.97 Å². The minimum atomic E-state index is -4.08. The summed E-state index contributed by atoms with van der Waals surface area (Å²) >= 11 is 0. The highest BCUT2D eigenvalue weighted by Gasteiger charge is 2.21. The number of carbonyl (C=O) groups is 2. The molecule has 0 aliphatic carbocycles. The number of aryl methyl sites for hydroxylation is 2. The van der Waals surface area contributed by atoms with Crippen LogP contribution >= 0.6 is 0 Å². The van der Waals surface area contributed by atoms with E-state index in [9.17, 15) is 22.4 Å². The second-order valence-corrected chi connectivity index (χ2v) is 9.19. The summed E-state index contributed by atoms with van der Waals surface area (Å²) in [5, 5.41) is 2.67. The molecular formula is C24H23FN2O5S. The van der Waals surface area contributed by atoms with Crippen molar-refractivity contribution in [2.45, 2.75) is 31.8 Å². The van der Waals surface area contributed by atoms with Crippen molar-refractivity contribution in [2.24, 2.45) is 0 Å². The molecule has 0 radical (unpaired) electrons. The van der Waals surface area contributed by atoms with E-state index >= 15 is 0 Å². The summed E-state index contributed by atoms with van der Waals surface area (Å²) in [6, 6.07) is 16.3. The zero-order valence-corrected chi connectivity index (χ0v) is 19.1. The Balaban J connectivity index is 1.68. The maximum absolute atomic E-state index is 13.8. The van der Waals surface area contributed by atoms with Gasteiger partial charge in [-0.15, -0.1) is 0 Å². The van der Waals surface area contributed by atoms with Crippen LogP contribution in [-0.4, -0.2) is 26.4 Å². The van der Waals surface area contributed by atoms with Crippen molar-refractivity contribution >= 4 is 33.3 Å². The van der Waals surface area contributed by atoms with Gasteiger partial charge in [0.05, 0.1) is 10.5 Å². The predicted molar refractivity (Wildman–Crippen MR) is 123 cm³/mol. The highest BCUT2D eigenvalue weighted by Crippen LogP contribution is 2.20. The third-order valence-corrected chi connectivity index (χ3v) is 6.12. The smallest absolute Gasteiger partial charge is 0.338 e. The Morgan fingerprint density at radius 2 is 1.64 bits per heavy atom. The lowest BCUT2D eigenvalue weighted by molar-refractivity contribution is -0.123. The van der Waals surface area contributed by atoms with Crippen LogP contribution in [0.3, 0.4) is 0 Å². The molecule has 0 spiro atoms. The van der Waals surface area contributed by atoms with E-state index in [4.69, 9.17) is 4.74 Å². The molecule has 2 N–H and O–H groups in total. The number of hydrogen-bond acceptors (Lipinski definition) is 5. The number of hydrogen-bond donors (Lipinski definition) is 2. The zero-order chi connectivity index (χ0) is 24.2. The van der Waals surface area contributed by atoms with Gasteiger partial charge in [-0.05, 0) is 74.4 Å². The second kappa shape index (κ2) is 9.83. The summed E-state index contributed by atoms with van der Waals surface area (Å²) in [5.41, 5.74) is 1.99. The summed E-state index contributed by atoms with van der Waals surface area (Å²) in [4.78, 5) is 24.6. The van der Waals surface area contributed by atoms with Gasteiger partial charge in [0, 0.05) is 11.4 Å². The molecule has 0 bridgehead atoms. The van der Waals surface area contributed by atoms with Gasteiger partial charge in [0.15, 0.2) is 6.10 Å². The van der Waals surface area contributed by atoms with Gasteiger partial charge in [0.25, 0.3) is 15.9 Å². The number of esters is 1. The molecule has 3 aromatic rings. The molecule has 7 nitrogen and oxygen atoms in total. The van der Waals surface area contributed by atoms with E-state index in [2.05, 4.69) is 10.0 Å². The molecule has 0 unspecified atom stereocenters. The van der Waals surface area contributed by atoms with Crippen molar-refractivity contribution in [3.05, 3.63) is 89.2 Å². The van der Waals surface area contributed by atoms with Gasteiger partial charge in [-0.1, -0.05) is 24.3 Å². The van der Waals surface area contributed by atoms with Gasteiger partial charge < -0.3 is 10.1 Å². The molecule has 172 valence electrons. The van der Waals surface area contributed by atoms with Gasteiger partial charge in [-0.25, -0.2) is 17.6 Å². The molecule has 9 heteroatoms. The maximum atomic E-state index is 13.8. The molecule has 0 aromatic heterocycles. The van der Waals surface area contributed by atoms with Crippen LogP contribution < -0.4 is 10.0 Å². The van der Waals surface area contributed by atoms with Crippen molar-refractivity contribution in [3.63, 3.8) is 0 Å². The van der Waals surface area contributed by atoms with Crippen LogP contribution in [0.15, 0.2) is 71.6 Å². The first kappa shape index (κ1) is 23.9. The normalized spacial score (nSPS) is 12.0. The maximum Gasteiger partial charge on any atom is 0.338 e.